The first-order valence-corrected chi connectivity index (χ1v) is 5.89. The van der Waals surface area contributed by atoms with Crippen LogP contribution < -0.4 is 4.74 Å². The Labute approximate surface area is 107 Å². The molecular weight excluding hydrogens is 222 g/mol. The van der Waals surface area contributed by atoms with E-state index in [1.54, 1.807) is 6.07 Å². The van der Waals surface area contributed by atoms with Crippen molar-refractivity contribution in [3.8, 4) is 11.8 Å². The summed E-state index contributed by atoms with van der Waals surface area (Å²) < 4.78 is 5.84. The number of benzene rings is 2. The summed E-state index contributed by atoms with van der Waals surface area (Å²) >= 11 is 0. The largest absolute Gasteiger partial charge is 0.488 e. The fourth-order valence-electron chi connectivity index (χ4n) is 1.91. The summed E-state index contributed by atoms with van der Waals surface area (Å²) in [5.41, 5.74) is 3.94. The molecule has 0 atom stereocenters. The average molecular weight is 237 g/mol. The second-order valence-corrected chi connectivity index (χ2v) is 4.32. The second-order valence-electron chi connectivity index (χ2n) is 4.32. The Morgan fingerprint density at radius 2 is 1.72 bits per heavy atom. The lowest BCUT2D eigenvalue weighted by Crippen LogP contribution is -1.99. The van der Waals surface area contributed by atoms with Crippen LogP contribution in [0.2, 0.25) is 0 Å². The van der Waals surface area contributed by atoms with Gasteiger partial charge in [-0.05, 0) is 42.7 Å². The Hall–Kier alpha value is -2.27. The monoisotopic (exact) mass is 237 g/mol. The van der Waals surface area contributed by atoms with Crippen LogP contribution in [0.4, 0.5) is 0 Å². The first-order valence-electron chi connectivity index (χ1n) is 5.89. The average Bonchev–Trinajstić information content (AvgIpc) is 2.38. The third-order valence-electron chi connectivity index (χ3n) is 2.85. The third kappa shape index (κ3) is 2.70. The van der Waals surface area contributed by atoms with E-state index in [4.69, 9.17) is 10.00 Å². The number of ether oxygens (including phenoxy) is 1. The van der Waals surface area contributed by atoms with Crippen molar-refractivity contribution in [3.05, 3.63) is 64.7 Å². The number of nitriles is 1. The van der Waals surface area contributed by atoms with Gasteiger partial charge in [-0.2, -0.15) is 5.26 Å². The van der Waals surface area contributed by atoms with Crippen molar-refractivity contribution >= 4 is 0 Å². The van der Waals surface area contributed by atoms with Gasteiger partial charge in [0, 0.05) is 0 Å². The minimum Gasteiger partial charge on any atom is -0.488 e. The second kappa shape index (κ2) is 5.37. The maximum Gasteiger partial charge on any atom is 0.125 e. The highest BCUT2D eigenvalue weighted by Gasteiger charge is 2.03. The van der Waals surface area contributed by atoms with Crippen molar-refractivity contribution < 1.29 is 4.74 Å². The lowest BCUT2D eigenvalue weighted by molar-refractivity contribution is 0.302. The van der Waals surface area contributed by atoms with Gasteiger partial charge in [0.2, 0.25) is 0 Å². The van der Waals surface area contributed by atoms with Gasteiger partial charge in [-0.25, -0.2) is 0 Å². The van der Waals surface area contributed by atoms with E-state index in [0.717, 1.165) is 22.4 Å². The summed E-state index contributed by atoms with van der Waals surface area (Å²) in [7, 11) is 0. The number of para-hydroxylation sites is 1. The summed E-state index contributed by atoms with van der Waals surface area (Å²) in [6.07, 6.45) is 0. The van der Waals surface area contributed by atoms with Crippen molar-refractivity contribution in [2.45, 2.75) is 20.5 Å². The Morgan fingerprint density at radius 3 is 2.39 bits per heavy atom. The summed E-state index contributed by atoms with van der Waals surface area (Å²) in [5.74, 6) is 0.930. The van der Waals surface area contributed by atoms with Gasteiger partial charge in [-0.15, -0.1) is 0 Å². The van der Waals surface area contributed by atoms with E-state index in [-0.39, 0.29) is 0 Å². The SMILES string of the molecule is Cc1cccc(C)c1OCc1cccc(C#N)c1. The van der Waals surface area contributed by atoms with Crippen LogP contribution in [0, 0.1) is 25.2 Å². The molecule has 90 valence electrons. The zero-order chi connectivity index (χ0) is 13.0. The van der Waals surface area contributed by atoms with E-state index in [9.17, 15) is 0 Å². The summed E-state index contributed by atoms with van der Waals surface area (Å²) in [4.78, 5) is 0. The van der Waals surface area contributed by atoms with Crippen LogP contribution in [0.25, 0.3) is 0 Å². The molecule has 0 heterocycles. The molecule has 0 saturated carbocycles. The normalized spacial score (nSPS) is 9.83. The fraction of sp³-hybridized carbons (Fsp3) is 0.188. The first kappa shape index (κ1) is 12.2. The van der Waals surface area contributed by atoms with Gasteiger partial charge >= 0.3 is 0 Å². The molecule has 2 nitrogen and oxygen atoms in total. The van der Waals surface area contributed by atoms with Crippen molar-refractivity contribution in [2.75, 3.05) is 0 Å². The zero-order valence-corrected chi connectivity index (χ0v) is 10.6. The van der Waals surface area contributed by atoms with Crippen molar-refractivity contribution in [1.29, 1.82) is 5.26 Å². The van der Waals surface area contributed by atoms with Crippen molar-refractivity contribution in [2.24, 2.45) is 0 Å². The van der Waals surface area contributed by atoms with Gasteiger partial charge in [0.1, 0.15) is 12.4 Å². The van der Waals surface area contributed by atoms with Crippen LogP contribution in [0.1, 0.15) is 22.3 Å². The molecule has 0 unspecified atom stereocenters. The number of rotatable bonds is 3. The number of nitrogens with zero attached hydrogens (tertiary/aromatic N) is 1. The number of aryl methyl sites for hydroxylation is 2. The molecule has 0 bridgehead atoms. The van der Waals surface area contributed by atoms with Crippen LogP contribution in [0.5, 0.6) is 5.75 Å². The molecule has 0 radical (unpaired) electrons. The smallest absolute Gasteiger partial charge is 0.125 e. The molecule has 2 aromatic rings. The highest BCUT2D eigenvalue weighted by Crippen LogP contribution is 2.23. The van der Waals surface area contributed by atoms with Crippen LogP contribution in [0.3, 0.4) is 0 Å². The predicted molar refractivity (Wildman–Crippen MR) is 71.4 cm³/mol. The highest BCUT2D eigenvalue weighted by atomic mass is 16.5. The van der Waals surface area contributed by atoms with Crippen molar-refractivity contribution in [1.82, 2.24) is 0 Å². The van der Waals surface area contributed by atoms with E-state index in [1.165, 1.54) is 0 Å². The molecule has 0 aliphatic heterocycles. The molecule has 2 rings (SSSR count). The van der Waals surface area contributed by atoms with E-state index in [0.29, 0.717) is 12.2 Å². The minimum atomic E-state index is 0.487. The topological polar surface area (TPSA) is 33.0 Å². The molecule has 0 aromatic heterocycles. The quantitative estimate of drug-likeness (QED) is 0.814. The Kier molecular flexibility index (Phi) is 3.64. The lowest BCUT2D eigenvalue weighted by atomic mass is 10.1. The van der Waals surface area contributed by atoms with Crippen molar-refractivity contribution in [3.63, 3.8) is 0 Å². The zero-order valence-electron chi connectivity index (χ0n) is 10.6. The molecule has 0 fully saturated rings. The highest BCUT2D eigenvalue weighted by molar-refractivity contribution is 5.40. The first-order chi connectivity index (χ1) is 8.70. The molecule has 0 saturated heterocycles. The van der Waals surface area contributed by atoms with Gasteiger partial charge in [-0.3, -0.25) is 0 Å². The molecule has 0 aliphatic rings. The van der Waals surface area contributed by atoms with Crippen LogP contribution in [-0.4, -0.2) is 0 Å². The minimum absolute atomic E-state index is 0.487. The Morgan fingerprint density at radius 1 is 1.06 bits per heavy atom. The Bertz CT molecular complexity index is 576. The van der Waals surface area contributed by atoms with E-state index in [1.807, 2.05) is 50.2 Å². The van der Waals surface area contributed by atoms with E-state index in [2.05, 4.69) is 6.07 Å². The third-order valence-corrected chi connectivity index (χ3v) is 2.85. The van der Waals surface area contributed by atoms with Gasteiger partial charge in [0.05, 0.1) is 11.6 Å². The van der Waals surface area contributed by atoms with Gasteiger partial charge in [-0.1, -0.05) is 30.3 Å². The summed E-state index contributed by atoms with van der Waals surface area (Å²) in [5, 5.41) is 8.84. The Balaban J connectivity index is 2.14. The van der Waals surface area contributed by atoms with E-state index < -0.39 is 0 Å². The van der Waals surface area contributed by atoms with Gasteiger partial charge in [0.15, 0.2) is 0 Å². The maximum atomic E-state index is 8.84. The summed E-state index contributed by atoms with van der Waals surface area (Å²) in [6.45, 7) is 4.56. The van der Waals surface area contributed by atoms with E-state index >= 15 is 0 Å². The molecule has 0 amide bonds. The van der Waals surface area contributed by atoms with Crippen LogP contribution in [-0.2, 0) is 6.61 Å². The number of hydrogen-bond acceptors (Lipinski definition) is 2. The van der Waals surface area contributed by atoms with Gasteiger partial charge < -0.3 is 4.74 Å². The fourth-order valence-corrected chi connectivity index (χ4v) is 1.91. The standard InChI is InChI=1S/C16H15NO/c1-12-5-3-6-13(2)16(12)18-11-15-8-4-7-14(9-15)10-17/h3-9H,11H2,1-2H3. The molecule has 0 spiro atoms. The van der Waals surface area contributed by atoms with Gasteiger partial charge in [0.25, 0.3) is 0 Å². The molecule has 2 aromatic carbocycles. The maximum absolute atomic E-state index is 8.84. The van der Waals surface area contributed by atoms with Crippen LogP contribution >= 0.6 is 0 Å². The molecular formula is C16H15NO. The molecule has 18 heavy (non-hydrogen) atoms. The summed E-state index contributed by atoms with van der Waals surface area (Å²) in [6, 6.07) is 15.7. The van der Waals surface area contributed by atoms with Crippen LogP contribution in [0.15, 0.2) is 42.5 Å². The lowest BCUT2D eigenvalue weighted by Gasteiger charge is -2.11. The molecule has 0 N–H and O–H groups in total. The molecule has 0 aliphatic carbocycles. The predicted octanol–water partition coefficient (Wildman–Crippen LogP) is 3.75. The number of hydrogen-bond donors (Lipinski definition) is 0. The molecule has 2 heteroatoms.